The zero-order chi connectivity index (χ0) is 14.6. The molecule has 0 N–H and O–H groups in total. The van der Waals surface area contributed by atoms with Crippen LogP contribution in [0.3, 0.4) is 0 Å². The Morgan fingerprint density at radius 1 is 0.850 bits per heavy atom. The highest BCUT2D eigenvalue weighted by molar-refractivity contribution is 6.00. The van der Waals surface area contributed by atoms with E-state index >= 15 is 0 Å². The number of para-hydroxylation sites is 2. The Hall–Kier alpha value is -2.30. The molecule has 0 saturated carbocycles. The molecule has 20 heavy (non-hydrogen) atoms. The van der Waals surface area contributed by atoms with Crippen LogP contribution in [-0.2, 0) is 4.79 Å². The van der Waals surface area contributed by atoms with E-state index < -0.39 is 18.5 Å². The molecule has 2 aromatic carbocycles. The van der Waals surface area contributed by atoms with Crippen LogP contribution < -0.4 is 4.90 Å². The molecule has 0 aromatic heterocycles. The molecule has 0 spiro atoms. The number of nitrogens with zero attached hydrogens (tertiary/aromatic N) is 1. The molecule has 0 fully saturated rings. The number of alkyl halides is 3. The topological polar surface area (TPSA) is 20.3 Å². The maximum atomic E-state index is 12.5. The van der Waals surface area contributed by atoms with E-state index in [4.69, 9.17) is 0 Å². The molecule has 0 aliphatic rings. The Bertz CT molecular complexity index is 527. The first kappa shape index (κ1) is 14.1. The van der Waals surface area contributed by atoms with E-state index in [1.54, 1.807) is 60.7 Å². The first-order valence-corrected chi connectivity index (χ1v) is 5.97. The van der Waals surface area contributed by atoms with Crippen molar-refractivity contribution in [1.29, 1.82) is 0 Å². The Morgan fingerprint density at radius 3 is 1.60 bits per heavy atom. The van der Waals surface area contributed by atoms with E-state index in [-0.39, 0.29) is 0 Å². The molecule has 0 bridgehead atoms. The SMILES string of the molecule is O=C(CC(F)(F)F)N(c1ccccc1)c1ccccc1. The molecule has 0 saturated heterocycles. The molecule has 2 rings (SSSR count). The maximum absolute atomic E-state index is 12.5. The fraction of sp³-hybridized carbons (Fsp3) is 0.133. The zero-order valence-corrected chi connectivity index (χ0v) is 10.5. The van der Waals surface area contributed by atoms with Gasteiger partial charge in [-0.2, -0.15) is 13.2 Å². The zero-order valence-electron chi connectivity index (χ0n) is 10.5. The number of hydrogen-bond donors (Lipinski definition) is 0. The second-order valence-corrected chi connectivity index (χ2v) is 4.19. The van der Waals surface area contributed by atoms with Gasteiger partial charge in [-0.3, -0.25) is 9.69 Å². The molecule has 5 heteroatoms. The van der Waals surface area contributed by atoms with Gasteiger partial charge in [0.1, 0.15) is 6.42 Å². The van der Waals surface area contributed by atoms with Gasteiger partial charge in [-0.25, -0.2) is 0 Å². The van der Waals surface area contributed by atoms with Gasteiger partial charge in [-0.15, -0.1) is 0 Å². The molecular weight excluding hydrogens is 267 g/mol. The van der Waals surface area contributed by atoms with Gasteiger partial charge in [-0.05, 0) is 24.3 Å². The molecule has 0 unspecified atom stereocenters. The number of halogens is 3. The van der Waals surface area contributed by atoms with Crippen LogP contribution in [-0.4, -0.2) is 12.1 Å². The predicted molar refractivity (Wildman–Crippen MR) is 70.7 cm³/mol. The van der Waals surface area contributed by atoms with Gasteiger partial charge in [0.15, 0.2) is 0 Å². The van der Waals surface area contributed by atoms with Crippen LogP contribution in [0.25, 0.3) is 0 Å². The molecule has 2 aromatic rings. The Morgan fingerprint density at radius 2 is 1.25 bits per heavy atom. The van der Waals surface area contributed by atoms with Gasteiger partial charge in [-0.1, -0.05) is 36.4 Å². The molecule has 0 heterocycles. The van der Waals surface area contributed by atoms with Crippen LogP contribution >= 0.6 is 0 Å². The van der Waals surface area contributed by atoms with Crippen LogP contribution in [0.15, 0.2) is 60.7 Å². The van der Waals surface area contributed by atoms with E-state index in [1.807, 2.05) is 0 Å². The third-order valence-corrected chi connectivity index (χ3v) is 2.63. The van der Waals surface area contributed by atoms with Crippen LogP contribution in [0.5, 0.6) is 0 Å². The summed E-state index contributed by atoms with van der Waals surface area (Å²) in [6, 6.07) is 16.6. The van der Waals surface area contributed by atoms with E-state index in [0.29, 0.717) is 11.4 Å². The summed E-state index contributed by atoms with van der Waals surface area (Å²) in [5.41, 5.74) is 0.820. The molecule has 0 radical (unpaired) electrons. The summed E-state index contributed by atoms with van der Waals surface area (Å²) in [6.07, 6.45) is -6.02. The molecule has 2 nitrogen and oxygen atoms in total. The van der Waals surface area contributed by atoms with Crippen molar-refractivity contribution >= 4 is 17.3 Å². The molecule has 0 aliphatic heterocycles. The van der Waals surface area contributed by atoms with Gasteiger partial charge in [0.25, 0.3) is 0 Å². The maximum Gasteiger partial charge on any atom is 0.397 e. The number of amides is 1. The summed E-state index contributed by atoms with van der Waals surface area (Å²) in [5.74, 6) is -1.00. The minimum Gasteiger partial charge on any atom is -0.281 e. The van der Waals surface area contributed by atoms with Crippen LogP contribution in [0.2, 0.25) is 0 Å². The molecule has 0 atom stereocenters. The van der Waals surface area contributed by atoms with Crippen LogP contribution in [0, 0.1) is 0 Å². The smallest absolute Gasteiger partial charge is 0.281 e. The van der Waals surface area contributed by atoms with Crippen LogP contribution in [0.1, 0.15) is 6.42 Å². The minimum atomic E-state index is -4.53. The van der Waals surface area contributed by atoms with Crippen molar-refractivity contribution in [2.24, 2.45) is 0 Å². The van der Waals surface area contributed by atoms with E-state index in [0.717, 1.165) is 4.90 Å². The molecule has 104 valence electrons. The van der Waals surface area contributed by atoms with Gasteiger partial charge < -0.3 is 0 Å². The average molecular weight is 279 g/mol. The quantitative estimate of drug-likeness (QED) is 0.820. The second-order valence-electron chi connectivity index (χ2n) is 4.19. The highest BCUT2D eigenvalue weighted by Gasteiger charge is 2.34. The lowest BCUT2D eigenvalue weighted by molar-refractivity contribution is -0.151. The van der Waals surface area contributed by atoms with Gasteiger partial charge >= 0.3 is 6.18 Å². The van der Waals surface area contributed by atoms with E-state index in [9.17, 15) is 18.0 Å². The summed E-state index contributed by atoms with van der Waals surface area (Å²) in [4.78, 5) is 13.0. The normalized spacial score (nSPS) is 11.2. The molecule has 0 aliphatic carbocycles. The van der Waals surface area contributed by atoms with Crippen LogP contribution in [0.4, 0.5) is 24.5 Å². The molecule has 1 amide bonds. The number of benzene rings is 2. The number of carbonyl (C=O) groups is 1. The van der Waals surface area contributed by atoms with Gasteiger partial charge in [0.2, 0.25) is 5.91 Å². The van der Waals surface area contributed by atoms with Crippen molar-refractivity contribution in [3.63, 3.8) is 0 Å². The lowest BCUT2D eigenvalue weighted by Gasteiger charge is -2.23. The Labute approximate surface area is 114 Å². The van der Waals surface area contributed by atoms with Crippen molar-refractivity contribution in [2.45, 2.75) is 12.6 Å². The van der Waals surface area contributed by atoms with Crippen molar-refractivity contribution in [2.75, 3.05) is 4.90 Å². The highest BCUT2D eigenvalue weighted by Crippen LogP contribution is 2.29. The van der Waals surface area contributed by atoms with Crippen molar-refractivity contribution in [1.82, 2.24) is 0 Å². The summed E-state index contributed by atoms with van der Waals surface area (Å²) >= 11 is 0. The monoisotopic (exact) mass is 279 g/mol. The lowest BCUT2D eigenvalue weighted by atomic mass is 10.2. The Balaban J connectivity index is 2.38. The summed E-state index contributed by atoms with van der Waals surface area (Å²) in [6.45, 7) is 0. The fourth-order valence-electron chi connectivity index (χ4n) is 1.84. The van der Waals surface area contributed by atoms with E-state index in [1.165, 1.54) is 0 Å². The number of rotatable bonds is 3. The first-order valence-electron chi connectivity index (χ1n) is 5.97. The third-order valence-electron chi connectivity index (χ3n) is 2.63. The summed E-state index contributed by atoms with van der Waals surface area (Å²) < 4.78 is 37.4. The fourth-order valence-corrected chi connectivity index (χ4v) is 1.84. The number of carbonyl (C=O) groups excluding carboxylic acids is 1. The third kappa shape index (κ3) is 3.60. The Kier molecular flexibility index (Phi) is 4.08. The summed E-state index contributed by atoms with van der Waals surface area (Å²) in [7, 11) is 0. The minimum absolute atomic E-state index is 0.410. The summed E-state index contributed by atoms with van der Waals surface area (Å²) in [5, 5.41) is 0. The second kappa shape index (κ2) is 5.77. The average Bonchev–Trinajstić information content (AvgIpc) is 2.39. The van der Waals surface area contributed by atoms with Crippen molar-refractivity contribution in [3.8, 4) is 0 Å². The highest BCUT2D eigenvalue weighted by atomic mass is 19.4. The largest absolute Gasteiger partial charge is 0.397 e. The van der Waals surface area contributed by atoms with Crippen molar-refractivity contribution < 1.29 is 18.0 Å². The molecular formula is C15H12F3NO. The number of hydrogen-bond acceptors (Lipinski definition) is 1. The van der Waals surface area contributed by atoms with Gasteiger partial charge in [0.05, 0.1) is 0 Å². The first-order chi connectivity index (χ1) is 9.47. The standard InChI is InChI=1S/C15H12F3NO/c16-15(17,18)11-14(20)19(12-7-3-1-4-8-12)13-9-5-2-6-10-13/h1-10H,11H2. The van der Waals surface area contributed by atoms with E-state index in [2.05, 4.69) is 0 Å². The van der Waals surface area contributed by atoms with Crippen molar-refractivity contribution in [3.05, 3.63) is 60.7 Å². The predicted octanol–water partition coefficient (Wildman–Crippen LogP) is 4.30. The lowest BCUT2D eigenvalue weighted by Crippen LogP contribution is -2.30. The van der Waals surface area contributed by atoms with Gasteiger partial charge in [0, 0.05) is 11.4 Å². The number of anilines is 2.